The van der Waals surface area contributed by atoms with E-state index in [1.165, 1.54) is 4.90 Å². The zero-order valence-corrected chi connectivity index (χ0v) is 22.6. The van der Waals surface area contributed by atoms with Crippen LogP contribution in [0, 0.1) is 0 Å². The van der Waals surface area contributed by atoms with Gasteiger partial charge in [0.2, 0.25) is 5.91 Å². The van der Waals surface area contributed by atoms with Crippen LogP contribution >= 0.6 is 0 Å². The third-order valence-electron chi connectivity index (χ3n) is 7.19. The molecule has 1 spiro atoms. The SMILES string of the molecule is CC(C)N1CCN(C(=O)C(O)C(C)(F)F)CC1.CC(C)N1CCN(C(=O)CC(C)(C)O)C2(CC2)C1. The zero-order valence-electron chi connectivity index (χ0n) is 22.6. The molecule has 2 amide bonds. The molecule has 0 aromatic rings. The number of aliphatic hydroxyl groups excluding tert-OH is 1. The number of hydrogen-bond donors (Lipinski definition) is 2. The lowest BCUT2D eigenvalue weighted by atomic mass is 10.0. The van der Waals surface area contributed by atoms with Gasteiger partial charge < -0.3 is 20.0 Å². The Hall–Kier alpha value is -1.36. The number of aliphatic hydroxyl groups is 2. The second kappa shape index (κ2) is 11.4. The normalized spacial score (nSPS) is 22.3. The molecule has 1 aliphatic carbocycles. The van der Waals surface area contributed by atoms with Gasteiger partial charge in [-0.05, 0) is 54.4 Å². The van der Waals surface area contributed by atoms with Gasteiger partial charge in [-0.2, -0.15) is 0 Å². The predicted molar refractivity (Wildman–Crippen MR) is 131 cm³/mol. The summed E-state index contributed by atoms with van der Waals surface area (Å²) in [7, 11) is 0. The molecule has 0 aromatic heterocycles. The van der Waals surface area contributed by atoms with Crippen LogP contribution in [0.25, 0.3) is 0 Å². The van der Waals surface area contributed by atoms with Gasteiger partial charge in [-0.3, -0.25) is 19.4 Å². The van der Waals surface area contributed by atoms with Gasteiger partial charge in [0.25, 0.3) is 11.8 Å². The average Bonchev–Trinajstić information content (AvgIpc) is 3.50. The maximum atomic E-state index is 12.8. The van der Waals surface area contributed by atoms with Crippen molar-refractivity contribution in [2.75, 3.05) is 45.8 Å². The molecule has 3 aliphatic rings. The predicted octanol–water partition coefficient (Wildman–Crippen LogP) is 1.79. The molecule has 3 rings (SSSR count). The van der Waals surface area contributed by atoms with Crippen LogP contribution < -0.4 is 0 Å². The first-order chi connectivity index (χ1) is 16.0. The standard InChI is InChI=1S/C14H26N2O2.C11H20F2N2O2/c1-11(2)15-7-8-16(14(10-15)5-6-14)12(17)9-13(3,4)18;1-8(2)14-4-6-15(7-5-14)10(17)9(16)11(3,12)13/h11,18H,5-10H2,1-4H3;8-9,16H,4-7H2,1-3H3. The summed E-state index contributed by atoms with van der Waals surface area (Å²) >= 11 is 0. The molecule has 2 saturated heterocycles. The number of hydrogen-bond acceptors (Lipinski definition) is 6. The molecule has 35 heavy (non-hydrogen) atoms. The van der Waals surface area contributed by atoms with Gasteiger partial charge in [-0.15, -0.1) is 0 Å². The molecule has 2 heterocycles. The Kier molecular flexibility index (Phi) is 9.69. The Balaban J connectivity index is 0.000000247. The van der Waals surface area contributed by atoms with Crippen LogP contribution in [0.1, 0.15) is 67.7 Å². The summed E-state index contributed by atoms with van der Waals surface area (Å²) in [4.78, 5) is 31.9. The fourth-order valence-electron chi connectivity index (χ4n) is 4.72. The highest BCUT2D eigenvalue weighted by molar-refractivity contribution is 5.81. The molecule has 10 heteroatoms. The fraction of sp³-hybridized carbons (Fsp3) is 0.920. The van der Waals surface area contributed by atoms with Crippen molar-refractivity contribution in [3.05, 3.63) is 0 Å². The van der Waals surface area contributed by atoms with Gasteiger partial charge in [0.15, 0.2) is 6.10 Å². The van der Waals surface area contributed by atoms with Crippen molar-refractivity contribution in [2.24, 2.45) is 0 Å². The number of carbonyl (C=O) groups excluding carboxylic acids is 2. The number of piperazine rings is 2. The van der Waals surface area contributed by atoms with E-state index in [1.807, 2.05) is 18.7 Å². The molecule has 0 aromatic carbocycles. The average molecular weight is 505 g/mol. The third-order valence-corrected chi connectivity index (χ3v) is 7.19. The molecule has 8 nitrogen and oxygen atoms in total. The molecular weight excluding hydrogens is 458 g/mol. The van der Waals surface area contributed by atoms with Crippen LogP contribution in [-0.2, 0) is 9.59 Å². The molecule has 0 bridgehead atoms. The smallest absolute Gasteiger partial charge is 0.279 e. The van der Waals surface area contributed by atoms with E-state index in [0.29, 0.717) is 45.2 Å². The van der Waals surface area contributed by atoms with E-state index in [0.717, 1.165) is 32.5 Å². The van der Waals surface area contributed by atoms with E-state index in [9.17, 15) is 28.6 Å². The van der Waals surface area contributed by atoms with Crippen molar-refractivity contribution in [2.45, 2.75) is 103 Å². The number of amides is 2. The zero-order chi connectivity index (χ0) is 26.8. The minimum absolute atomic E-state index is 0.0881. The van der Waals surface area contributed by atoms with Gasteiger partial charge in [-0.25, -0.2) is 8.78 Å². The second-order valence-electron chi connectivity index (χ2n) is 11.6. The summed E-state index contributed by atoms with van der Waals surface area (Å²) in [6.07, 6.45) is 0.242. The Morgan fingerprint density at radius 3 is 1.77 bits per heavy atom. The van der Waals surface area contributed by atoms with E-state index < -0.39 is 23.5 Å². The summed E-state index contributed by atoms with van der Waals surface area (Å²) in [5, 5.41) is 19.0. The maximum absolute atomic E-state index is 12.8. The van der Waals surface area contributed by atoms with Crippen molar-refractivity contribution in [3.63, 3.8) is 0 Å². The lowest BCUT2D eigenvalue weighted by Gasteiger charge is -2.44. The summed E-state index contributed by atoms with van der Waals surface area (Å²) in [5.74, 6) is -4.14. The fourth-order valence-corrected chi connectivity index (χ4v) is 4.72. The molecular formula is C25H46F2N4O4. The van der Waals surface area contributed by atoms with Crippen LogP contribution in [0.4, 0.5) is 8.78 Å². The molecule has 1 atom stereocenters. The molecule has 1 saturated carbocycles. The number of nitrogens with zero attached hydrogens (tertiary/aromatic N) is 4. The quantitative estimate of drug-likeness (QED) is 0.574. The van der Waals surface area contributed by atoms with Gasteiger partial charge in [0.1, 0.15) is 0 Å². The first-order valence-electron chi connectivity index (χ1n) is 12.8. The highest BCUT2D eigenvalue weighted by Crippen LogP contribution is 2.45. The summed E-state index contributed by atoms with van der Waals surface area (Å²) < 4.78 is 25.6. The van der Waals surface area contributed by atoms with Crippen LogP contribution in [0.3, 0.4) is 0 Å². The number of carbonyl (C=O) groups is 2. The molecule has 3 fully saturated rings. The third kappa shape index (κ3) is 8.33. The van der Waals surface area contributed by atoms with E-state index >= 15 is 0 Å². The highest BCUT2D eigenvalue weighted by Gasteiger charge is 2.53. The maximum Gasteiger partial charge on any atom is 0.279 e. The van der Waals surface area contributed by atoms with E-state index in [4.69, 9.17) is 0 Å². The Bertz CT molecular complexity index is 724. The van der Waals surface area contributed by atoms with Crippen LogP contribution in [0.15, 0.2) is 0 Å². The summed E-state index contributed by atoms with van der Waals surface area (Å²) in [6, 6.07) is 0.929. The van der Waals surface area contributed by atoms with Gasteiger partial charge in [-0.1, -0.05) is 0 Å². The molecule has 1 unspecified atom stereocenters. The first kappa shape index (κ1) is 29.9. The Morgan fingerprint density at radius 2 is 1.37 bits per heavy atom. The van der Waals surface area contributed by atoms with Crippen molar-refractivity contribution >= 4 is 11.8 Å². The summed E-state index contributed by atoms with van der Waals surface area (Å²) in [6.45, 7) is 17.4. The highest BCUT2D eigenvalue weighted by atomic mass is 19.3. The minimum Gasteiger partial charge on any atom is -0.390 e. The van der Waals surface area contributed by atoms with E-state index in [1.54, 1.807) is 13.8 Å². The lowest BCUT2D eigenvalue weighted by Crippen LogP contribution is -2.59. The molecule has 0 radical (unpaired) electrons. The molecule has 2 aliphatic heterocycles. The van der Waals surface area contributed by atoms with Crippen molar-refractivity contribution in [1.82, 2.24) is 19.6 Å². The summed E-state index contributed by atoms with van der Waals surface area (Å²) in [5.41, 5.74) is -0.812. The number of rotatable bonds is 6. The Morgan fingerprint density at radius 1 is 0.886 bits per heavy atom. The largest absolute Gasteiger partial charge is 0.390 e. The number of alkyl halides is 2. The van der Waals surface area contributed by atoms with Crippen LogP contribution in [-0.4, -0.2) is 123 Å². The number of halogens is 2. The van der Waals surface area contributed by atoms with E-state index in [2.05, 4.69) is 23.6 Å². The second-order valence-corrected chi connectivity index (χ2v) is 11.6. The first-order valence-corrected chi connectivity index (χ1v) is 12.8. The topological polar surface area (TPSA) is 87.6 Å². The van der Waals surface area contributed by atoms with Crippen molar-refractivity contribution in [3.8, 4) is 0 Å². The minimum atomic E-state index is -3.38. The van der Waals surface area contributed by atoms with Crippen LogP contribution in [0.2, 0.25) is 0 Å². The van der Waals surface area contributed by atoms with E-state index in [-0.39, 0.29) is 17.9 Å². The van der Waals surface area contributed by atoms with Crippen molar-refractivity contribution < 1.29 is 28.6 Å². The van der Waals surface area contributed by atoms with Gasteiger partial charge in [0, 0.05) is 64.8 Å². The van der Waals surface area contributed by atoms with Crippen LogP contribution in [0.5, 0.6) is 0 Å². The molecule has 2 N–H and O–H groups in total. The monoisotopic (exact) mass is 504 g/mol. The lowest BCUT2D eigenvalue weighted by molar-refractivity contribution is -0.162. The Labute approximate surface area is 209 Å². The molecule has 204 valence electrons. The van der Waals surface area contributed by atoms with Gasteiger partial charge in [0.05, 0.1) is 17.6 Å². The van der Waals surface area contributed by atoms with Gasteiger partial charge >= 0.3 is 0 Å². The van der Waals surface area contributed by atoms with Crippen molar-refractivity contribution in [1.29, 1.82) is 0 Å².